The van der Waals surface area contributed by atoms with Gasteiger partial charge in [-0.3, -0.25) is 4.79 Å². The Hall–Kier alpha value is -1.55. The van der Waals surface area contributed by atoms with Crippen molar-refractivity contribution in [3.8, 4) is 0 Å². The number of aryl methyl sites for hydroxylation is 1. The van der Waals surface area contributed by atoms with Gasteiger partial charge in [-0.05, 0) is 49.8 Å². The van der Waals surface area contributed by atoms with Crippen molar-refractivity contribution in [1.29, 1.82) is 0 Å². The van der Waals surface area contributed by atoms with E-state index in [0.29, 0.717) is 12.8 Å². The molecule has 3 N–H and O–H groups in total. The van der Waals surface area contributed by atoms with Crippen LogP contribution in [-0.2, 0) is 11.2 Å². The van der Waals surface area contributed by atoms with Crippen molar-refractivity contribution in [2.45, 2.75) is 44.6 Å². The number of aliphatic hydroxyl groups is 1. The summed E-state index contributed by atoms with van der Waals surface area (Å²) in [7, 11) is 0. The predicted molar refractivity (Wildman–Crippen MR) is 80.2 cm³/mol. The lowest BCUT2D eigenvalue weighted by Crippen LogP contribution is -2.44. The van der Waals surface area contributed by atoms with Crippen LogP contribution >= 0.6 is 0 Å². The van der Waals surface area contributed by atoms with Crippen molar-refractivity contribution in [3.05, 3.63) is 29.8 Å². The molecule has 1 saturated heterocycles. The standard InChI is InChI=1S/C16H24N2O2/c17-14-7-4-13(5-8-14)6-9-16(20)18-11-2-1-3-15(18)10-12-19/h4-5,7-8,15,19H,1-3,6,9-12,17H2. The molecule has 1 unspecified atom stereocenters. The molecule has 1 atom stereocenters. The van der Waals surface area contributed by atoms with Crippen molar-refractivity contribution < 1.29 is 9.90 Å². The van der Waals surface area contributed by atoms with Gasteiger partial charge in [-0.2, -0.15) is 0 Å². The lowest BCUT2D eigenvalue weighted by Gasteiger charge is -2.35. The van der Waals surface area contributed by atoms with Gasteiger partial charge in [0.1, 0.15) is 0 Å². The van der Waals surface area contributed by atoms with E-state index in [2.05, 4.69) is 0 Å². The summed E-state index contributed by atoms with van der Waals surface area (Å²) in [4.78, 5) is 14.3. The Kier molecular flexibility index (Phi) is 5.41. The van der Waals surface area contributed by atoms with Crippen molar-refractivity contribution in [3.63, 3.8) is 0 Å². The first-order chi connectivity index (χ1) is 9.70. The molecule has 1 aromatic rings. The molecule has 0 saturated carbocycles. The van der Waals surface area contributed by atoms with Gasteiger partial charge in [0.15, 0.2) is 0 Å². The van der Waals surface area contributed by atoms with E-state index in [1.54, 1.807) is 0 Å². The average Bonchev–Trinajstić information content (AvgIpc) is 2.47. The van der Waals surface area contributed by atoms with E-state index in [0.717, 1.165) is 43.5 Å². The van der Waals surface area contributed by atoms with Gasteiger partial charge >= 0.3 is 0 Å². The number of carbonyl (C=O) groups excluding carboxylic acids is 1. The first-order valence-corrected chi connectivity index (χ1v) is 7.45. The van der Waals surface area contributed by atoms with Crippen LogP contribution in [0.2, 0.25) is 0 Å². The topological polar surface area (TPSA) is 66.6 Å². The summed E-state index contributed by atoms with van der Waals surface area (Å²) >= 11 is 0. The van der Waals surface area contributed by atoms with Gasteiger partial charge in [0.2, 0.25) is 5.91 Å². The smallest absolute Gasteiger partial charge is 0.223 e. The van der Waals surface area contributed by atoms with E-state index >= 15 is 0 Å². The fourth-order valence-electron chi connectivity index (χ4n) is 2.86. The Bertz CT molecular complexity index is 429. The Morgan fingerprint density at radius 3 is 2.75 bits per heavy atom. The molecule has 0 radical (unpaired) electrons. The van der Waals surface area contributed by atoms with Gasteiger partial charge in [0.25, 0.3) is 0 Å². The van der Waals surface area contributed by atoms with Crippen LogP contribution in [0.3, 0.4) is 0 Å². The van der Waals surface area contributed by atoms with Crippen LogP contribution in [0.25, 0.3) is 0 Å². The minimum Gasteiger partial charge on any atom is -0.399 e. The summed E-state index contributed by atoms with van der Waals surface area (Å²) in [5, 5.41) is 9.10. The highest BCUT2D eigenvalue weighted by Crippen LogP contribution is 2.21. The zero-order chi connectivity index (χ0) is 14.4. The number of carbonyl (C=O) groups is 1. The molecular formula is C16H24N2O2. The number of hydrogen-bond acceptors (Lipinski definition) is 3. The number of likely N-dealkylation sites (tertiary alicyclic amines) is 1. The van der Waals surface area contributed by atoms with Crippen LogP contribution in [0.5, 0.6) is 0 Å². The molecule has 1 aliphatic rings. The molecule has 1 aromatic carbocycles. The normalized spacial score (nSPS) is 19.1. The van der Waals surface area contributed by atoms with E-state index in [-0.39, 0.29) is 18.6 Å². The quantitative estimate of drug-likeness (QED) is 0.808. The van der Waals surface area contributed by atoms with E-state index in [1.165, 1.54) is 0 Å². The Balaban J connectivity index is 1.88. The van der Waals surface area contributed by atoms with Crippen LogP contribution in [0.15, 0.2) is 24.3 Å². The molecule has 2 rings (SSSR count). The number of nitrogens with zero attached hydrogens (tertiary/aromatic N) is 1. The molecule has 0 spiro atoms. The lowest BCUT2D eigenvalue weighted by molar-refractivity contribution is -0.135. The van der Waals surface area contributed by atoms with Gasteiger partial charge in [-0.15, -0.1) is 0 Å². The highest BCUT2D eigenvalue weighted by atomic mass is 16.3. The average molecular weight is 276 g/mol. The number of anilines is 1. The monoisotopic (exact) mass is 276 g/mol. The maximum absolute atomic E-state index is 12.3. The molecule has 1 fully saturated rings. The first kappa shape index (κ1) is 14.9. The predicted octanol–water partition coefficient (Wildman–Crippen LogP) is 1.96. The van der Waals surface area contributed by atoms with Gasteiger partial charge in [0.05, 0.1) is 0 Å². The fraction of sp³-hybridized carbons (Fsp3) is 0.562. The first-order valence-electron chi connectivity index (χ1n) is 7.45. The zero-order valence-corrected chi connectivity index (χ0v) is 11.9. The molecule has 0 aliphatic carbocycles. The number of piperidine rings is 1. The molecule has 20 heavy (non-hydrogen) atoms. The Morgan fingerprint density at radius 1 is 1.30 bits per heavy atom. The summed E-state index contributed by atoms with van der Waals surface area (Å²) < 4.78 is 0. The molecule has 0 aromatic heterocycles. The zero-order valence-electron chi connectivity index (χ0n) is 11.9. The van der Waals surface area contributed by atoms with E-state index in [4.69, 9.17) is 10.8 Å². The van der Waals surface area contributed by atoms with Gasteiger partial charge in [0, 0.05) is 31.3 Å². The Morgan fingerprint density at radius 2 is 2.05 bits per heavy atom. The third-order valence-corrected chi connectivity index (χ3v) is 4.02. The summed E-state index contributed by atoms with van der Waals surface area (Å²) in [5.41, 5.74) is 7.54. The highest BCUT2D eigenvalue weighted by Gasteiger charge is 2.25. The van der Waals surface area contributed by atoms with Gasteiger partial charge in [-0.1, -0.05) is 12.1 Å². The number of benzene rings is 1. The van der Waals surface area contributed by atoms with E-state index in [9.17, 15) is 4.79 Å². The number of rotatable bonds is 5. The van der Waals surface area contributed by atoms with Crippen molar-refractivity contribution in [1.82, 2.24) is 4.90 Å². The molecule has 1 heterocycles. The largest absolute Gasteiger partial charge is 0.399 e. The van der Waals surface area contributed by atoms with Crippen LogP contribution < -0.4 is 5.73 Å². The molecule has 1 amide bonds. The van der Waals surface area contributed by atoms with Gasteiger partial charge < -0.3 is 15.7 Å². The number of hydrogen-bond donors (Lipinski definition) is 2. The van der Waals surface area contributed by atoms with Crippen LogP contribution in [0.1, 0.15) is 37.7 Å². The number of nitrogens with two attached hydrogens (primary N) is 1. The molecule has 1 aliphatic heterocycles. The van der Waals surface area contributed by atoms with E-state index in [1.807, 2.05) is 29.2 Å². The third kappa shape index (κ3) is 3.97. The summed E-state index contributed by atoms with van der Waals surface area (Å²) in [6, 6.07) is 7.92. The second-order valence-corrected chi connectivity index (χ2v) is 5.49. The molecule has 4 heteroatoms. The van der Waals surface area contributed by atoms with Crippen molar-refractivity contribution in [2.75, 3.05) is 18.9 Å². The maximum atomic E-state index is 12.3. The van der Waals surface area contributed by atoms with Crippen molar-refractivity contribution in [2.24, 2.45) is 0 Å². The number of nitrogen functional groups attached to an aromatic ring is 1. The van der Waals surface area contributed by atoms with Crippen molar-refractivity contribution >= 4 is 11.6 Å². The molecule has 4 nitrogen and oxygen atoms in total. The van der Waals surface area contributed by atoms with Gasteiger partial charge in [-0.25, -0.2) is 0 Å². The molecular weight excluding hydrogens is 252 g/mol. The van der Waals surface area contributed by atoms with E-state index < -0.39 is 0 Å². The maximum Gasteiger partial charge on any atom is 0.223 e. The fourth-order valence-corrected chi connectivity index (χ4v) is 2.86. The minimum atomic E-state index is 0.159. The second kappa shape index (κ2) is 7.29. The highest BCUT2D eigenvalue weighted by molar-refractivity contribution is 5.77. The van der Waals surface area contributed by atoms with Crippen LogP contribution in [0, 0.1) is 0 Å². The number of amides is 1. The third-order valence-electron chi connectivity index (χ3n) is 4.02. The lowest BCUT2D eigenvalue weighted by atomic mass is 9.98. The van der Waals surface area contributed by atoms with Crippen LogP contribution in [-0.4, -0.2) is 35.1 Å². The minimum absolute atomic E-state index is 0.159. The number of aliphatic hydroxyl groups excluding tert-OH is 1. The summed E-state index contributed by atoms with van der Waals surface area (Å²) in [5.74, 6) is 0.208. The summed E-state index contributed by atoms with van der Waals surface area (Å²) in [6.07, 6.45) is 5.25. The SMILES string of the molecule is Nc1ccc(CCC(=O)N2CCCCC2CCO)cc1. The van der Waals surface area contributed by atoms with Crippen LogP contribution in [0.4, 0.5) is 5.69 Å². The Labute approximate surface area is 120 Å². The summed E-state index contributed by atoms with van der Waals surface area (Å²) in [6.45, 7) is 0.998. The molecule has 0 bridgehead atoms. The second-order valence-electron chi connectivity index (χ2n) is 5.49. The molecule has 110 valence electrons.